The summed E-state index contributed by atoms with van der Waals surface area (Å²) in [6.45, 7) is 0.506. The summed E-state index contributed by atoms with van der Waals surface area (Å²) in [7, 11) is 1.62. The molecule has 0 aliphatic rings. The van der Waals surface area contributed by atoms with Crippen LogP contribution < -0.4 is 10.4 Å². The first-order valence-electron chi connectivity index (χ1n) is 8.78. The fourth-order valence-corrected chi connectivity index (χ4v) is 3.60. The molecule has 27 heavy (non-hydrogen) atoms. The van der Waals surface area contributed by atoms with E-state index in [2.05, 4.69) is 0 Å². The van der Waals surface area contributed by atoms with Gasteiger partial charge in [0.2, 0.25) is 0 Å². The average molecular weight is 355 g/mol. The minimum absolute atomic E-state index is 0.0970. The van der Waals surface area contributed by atoms with E-state index in [1.807, 2.05) is 77.4 Å². The van der Waals surface area contributed by atoms with Crippen molar-refractivity contribution < 1.29 is 4.74 Å². The van der Waals surface area contributed by atoms with Crippen LogP contribution >= 0.6 is 0 Å². The van der Waals surface area contributed by atoms with Crippen molar-refractivity contribution in [1.82, 2.24) is 14.0 Å². The minimum Gasteiger partial charge on any atom is -0.497 e. The summed E-state index contributed by atoms with van der Waals surface area (Å²) in [6.07, 6.45) is 0. The zero-order chi connectivity index (χ0) is 18.4. The molecule has 0 aliphatic carbocycles. The molecule has 0 aliphatic heterocycles. The summed E-state index contributed by atoms with van der Waals surface area (Å²) in [6, 6.07) is 23.5. The predicted molar refractivity (Wildman–Crippen MR) is 107 cm³/mol. The number of ether oxygens (including phenoxy) is 1. The van der Waals surface area contributed by atoms with Crippen molar-refractivity contribution in [2.45, 2.75) is 6.54 Å². The molecule has 0 saturated carbocycles. The summed E-state index contributed by atoms with van der Waals surface area (Å²) in [5.74, 6) is 0.722. The molecule has 0 amide bonds. The van der Waals surface area contributed by atoms with Crippen molar-refractivity contribution >= 4 is 27.6 Å². The molecule has 132 valence electrons. The lowest BCUT2D eigenvalue weighted by Gasteiger charge is -2.12. The second-order valence-corrected chi connectivity index (χ2v) is 6.50. The van der Waals surface area contributed by atoms with Crippen LogP contribution in [-0.2, 0) is 6.54 Å². The number of fused-ring (bicyclic) bond motifs is 5. The topological polar surface area (TPSA) is 48.5 Å². The quantitative estimate of drug-likeness (QED) is 0.494. The van der Waals surface area contributed by atoms with Gasteiger partial charge in [-0.2, -0.15) is 0 Å². The van der Waals surface area contributed by atoms with E-state index in [0.717, 1.165) is 33.2 Å². The number of hydrogen-bond donors (Lipinski definition) is 0. The molecule has 0 fully saturated rings. The monoisotopic (exact) mass is 355 g/mol. The number of imidazole rings is 1. The Morgan fingerprint density at radius 2 is 1.70 bits per heavy atom. The summed E-state index contributed by atoms with van der Waals surface area (Å²) < 4.78 is 8.81. The van der Waals surface area contributed by atoms with Crippen LogP contribution in [0, 0.1) is 0 Å². The molecule has 0 saturated heterocycles. The summed E-state index contributed by atoms with van der Waals surface area (Å²) in [4.78, 5) is 18.2. The molecular weight excluding hydrogens is 338 g/mol. The zero-order valence-corrected chi connectivity index (χ0v) is 14.8. The Balaban J connectivity index is 1.89. The summed E-state index contributed by atoms with van der Waals surface area (Å²) in [5.41, 5.74) is 4.05. The number of para-hydroxylation sites is 1. The van der Waals surface area contributed by atoms with Crippen molar-refractivity contribution in [3.8, 4) is 5.75 Å². The van der Waals surface area contributed by atoms with Gasteiger partial charge in [-0.1, -0.05) is 42.5 Å². The average Bonchev–Trinajstić information content (AvgIpc) is 3.11. The van der Waals surface area contributed by atoms with Crippen molar-refractivity contribution in [3.05, 3.63) is 88.8 Å². The maximum absolute atomic E-state index is 13.4. The first-order valence-corrected chi connectivity index (χ1v) is 8.78. The molecule has 0 atom stereocenters. The van der Waals surface area contributed by atoms with E-state index >= 15 is 0 Å². The molecule has 0 bridgehead atoms. The lowest BCUT2D eigenvalue weighted by Crippen LogP contribution is -2.27. The Kier molecular flexibility index (Phi) is 3.47. The highest BCUT2D eigenvalue weighted by Gasteiger charge is 2.15. The molecular formula is C22H17N3O2. The molecule has 0 N–H and O–H groups in total. The molecule has 2 aromatic heterocycles. The molecule has 5 rings (SSSR count). The van der Waals surface area contributed by atoms with Gasteiger partial charge >= 0.3 is 5.69 Å². The third-order valence-corrected chi connectivity index (χ3v) is 4.90. The van der Waals surface area contributed by atoms with Crippen LogP contribution in [0.4, 0.5) is 0 Å². The SMILES string of the molecule is COc1ccc2c(c1)nc1c3ccccc3n(Cc3ccccc3)c(=O)n21. The third-order valence-electron chi connectivity index (χ3n) is 4.90. The number of hydrogen-bond acceptors (Lipinski definition) is 3. The highest BCUT2D eigenvalue weighted by atomic mass is 16.5. The standard InChI is InChI=1S/C22H17N3O2/c1-27-16-11-12-20-18(13-16)23-21-17-9-5-6-10-19(17)24(22(26)25(20)21)14-15-7-3-2-4-8-15/h2-13H,14H2,1H3. The van der Waals surface area contributed by atoms with E-state index in [9.17, 15) is 4.79 Å². The Morgan fingerprint density at radius 3 is 2.52 bits per heavy atom. The maximum atomic E-state index is 13.4. The lowest BCUT2D eigenvalue weighted by molar-refractivity contribution is 0.415. The zero-order valence-electron chi connectivity index (χ0n) is 14.8. The first-order chi connectivity index (χ1) is 13.3. The van der Waals surface area contributed by atoms with Crippen LogP contribution in [0.15, 0.2) is 77.6 Å². The number of benzene rings is 3. The summed E-state index contributed by atoms with van der Waals surface area (Å²) >= 11 is 0. The molecule has 2 heterocycles. The summed E-state index contributed by atoms with van der Waals surface area (Å²) in [5, 5.41) is 0.947. The van der Waals surface area contributed by atoms with E-state index < -0.39 is 0 Å². The van der Waals surface area contributed by atoms with E-state index in [1.165, 1.54) is 0 Å². The Hall–Kier alpha value is -3.60. The molecule has 5 nitrogen and oxygen atoms in total. The van der Waals surface area contributed by atoms with Gasteiger partial charge in [-0.3, -0.25) is 4.57 Å². The van der Waals surface area contributed by atoms with Crippen molar-refractivity contribution in [3.63, 3.8) is 0 Å². The normalized spacial score (nSPS) is 11.4. The van der Waals surface area contributed by atoms with Crippen LogP contribution in [0.2, 0.25) is 0 Å². The fourth-order valence-electron chi connectivity index (χ4n) is 3.60. The van der Waals surface area contributed by atoms with Crippen molar-refractivity contribution in [1.29, 1.82) is 0 Å². The van der Waals surface area contributed by atoms with Crippen LogP contribution in [0.3, 0.4) is 0 Å². The minimum atomic E-state index is -0.0970. The highest BCUT2D eigenvalue weighted by Crippen LogP contribution is 2.25. The predicted octanol–water partition coefficient (Wildman–Crippen LogP) is 3.86. The lowest BCUT2D eigenvalue weighted by atomic mass is 10.2. The van der Waals surface area contributed by atoms with Crippen LogP contribution in [0.1, 0.15) is 5.56 Å². The smallest absolute Gasteiger partial charge is 0.335 e. The fraction of sp³-hybridized carbons (Fsp3) is 0.0909. The first kappa shape index (κ1) is 15.6. The van der Waals surface area contributed by atoms with E-state index in [1.54, 1.807) is 11.5 Å². The number of aromatic nitrogens is 3. The van der Waals surface area contributed by atoms with Gasteiger partial charge in [0.1, 0.15) is 5.75 Å². The van der Waals surface area contributed by atoms with E-state index in [0.29, 0.717) is 12.2 Å². The molecule has 0 unspecified atom stereocenters. The Bertz CT molecular complexity index is 1350. The van der Waals surface area contributed by atoms with Crippen molar-refractivity contribution in [2.75, 3.05) is 7.11 Å². The van der Waals surface area contributed by atoms with Gasteiger partial charge in [0.15, 0.2) is 5.65 Å². The number of rotatable bonds is 3. The Labute approximate surface area is 155 Å². The van der Waals surface area contributed by atoms with Crippen LogP contribution in [-0.4, -0.2) is 21.1 Å². The molecule has 5 heteroatoms. The van der Waals surface area contributed by atoms with Gasteiger partial charge in [-0.05, 0) is 29.8 Å². The van der Waals surface area contributed by atoms with Crippen LogP contribution in [0.5, 0.6) is 5.75 Å². The molecule has 0 spiro atoms. The van der Waals surface area contributed by atoms with E-state index in [-0.39, 0.29) is 5.69 Å². The second-order valence-electron chi connectivity index (χ2n) is 6.50. The van der Waals surface area contributed by atoms with E-state index in [4.69, 9.17) is 9.72 Å². The van der Waals surface area contributed by atoms with Gasteiger partial charge in [0.05, 0.1) is 30.2 Å². The highest BCUT2D eigenvalue weighted by molar-refractivity contribution is 5.96. The molecule has 3 aromatic carbocycles. The number of nitrogens with zero attached hydrogens (tertiary/aromatic N) is 3. The van der Waals surface area contributed by atoms with Gasteiger partial charge in [-0.25, -0.2) is 14.2 Å². The van der Waals surface area contributed by atoms with Gasteiger partial charge in [-0.15, -0.1) is 0 Å². The van der Waals surface area contributed by atoms with Gasteiger partial charge in [0, 0.05) is 11.5 Å². The third kappa shape index (κ3) is 2.39. The Morgan fingerprint density at radius 1 is 0.926 bits per heavy atom. The van der Waals surface area contributed by atoms with Crippen molar-refractivity contribution in [2.24, 2.45) is 0 Å². The van der Waals surface area contributed by atoms with Gasteiger partial charge in [0.25, 0.3) is 0 Å². The number of methoxy groups -OCH3 is 1. The largest absolute Gasteiger partial charge is 0.497 e. The molecule has 0 radical (unpaired) electrons. The molecule has 5 aromatic rings. The van der Waals surface area contributed by atoms with Crippen LogP contribution in [0.25, 0.3) is 27.6 Å². The maximum Gasteiger partial charge on any atom is 0.335 e. The van der Waals surface area contributed by atoms with Gasteiger partial charge < -0.3 is 4.74 Å². The second kappa shape index (κ2) is 5.99.